The molecule has 4 rings (SSSR count). The number of benzene rings is 3. The number of nitrogens with one attached hydrogen (secondary N) is 1. The molecular weight excluding hydrogens is 456 g/mol. The standard InChI is InChI=1S/C29H34N2O3S/c1-20-12-14-24(15-13-20)18-31(35(33,34)29-22(3)16-21(2)17-23(29)4)19-28(32)30-27-11-7-9-25-8-5-6-10-26(25)27/h5-6,8,10,12-17,27H,7,9,11,18-19H2,1-4H3,(H,30,32)/t27-/m1/s1. The van der Waals surface area contributed by atoms with Crippen LogP contribution in [0.1, 0.15) is 57.8 Å². The van der Waals surface area contributed by atoms with E-state index >= 15 is 0 Å². The van der Waals surface area contributed by atoms with Crippen LogP contribution in [0.25, 0.3) is 0 Å². The zero-order valence-electron chi connectivity index (χ0n) is 21.0. The molecule has 3 aromatic carbocycles. The quantitative estimate of drug-likeness (QED) is 0.488. The molecule has 0 saturated carbocycles. The Labute approximate surface area is 209 Å². The number of amides is 1. The van der Waals surface area contributed by atoms with Crippen LogP contribution in [0.5, 0.6) is 0 Å². The summed E-state index contributed by atoms with van der Waals surface area (Å²) < 4.78 is 29.2. The van der Waals surface area contributed by atoms with Gasteiger partial charge in [-0.15, -0.1) is 0 Å². The van der Waals surface area contributed by atoms with Crippen molar-refractivity contribution in [2.45, 2.75) is 64.4 Å². The maximum atomic E-state index is 13.9. The molecule has 6 heteroatoms. The Morgan fingerprint density at radius 3 is 2.29 bits per heavy atom. The molecule has 5 nitrogen and oxygen atoms in total. The lowest BCUT2D eigenvalue weighted by atomic mass is 9.88. The van der Waals surface area contributed by atoms with Gasteiger partial charge in [0.1, 0.15) is 0 Å². The molecule has 3 aromatic rings. The molecule has 184 valence electrons. The molecule has 0 fully saturated rings. The maximum absolute atomic E-state index is 13.9. The molecule has 35 heavy (non-hydrogen) atoms. The Bertz CT molecular complexity index is 1310. The maximum Gasteiger partial charge on any atom is 0.244 e. The first-order chi connectivity index (χ1) is 16.6. The highest BCUT2D eigenvalue weighted by Crippen LogP contribution is 2.30. The van der Waals surface area contributed by atoms with Crippen molar-refractivity contribution in [1.82, 2.24) is 9.62 Å². The average Bonchev–Trinajstić information content (AvgIpc) is 2.79. The average molecular weight is 491 g/mol. The predicted octanol–water partition coefficient (Wildman–Crippen LogP) is 5.30. The minimum Gasteiger partial charge on any atom is -0.348 e. The predicted molar refractivity (Wildman–Crippen MR) is 140 cm³/mol. The van der Waals surface area contributed by atoms with Crippen LogP contribution in [0.2, 0.25) is 0 Å². The van der Waals surface area contributed by atoms with Crippen molar-refractivity contribution in [3.05, 3.63) is 99.6 Å². The monoisotopic (exact) mass is 490 g/mol. The summed E-state index contributed by atoms with van der Waals surface area (Å²) in [5.74, 6) is -0.287. The van der Waals surface area contributed by atoms with Crippen molar-refractivity contribution in [3.63, 3.8) is 0 Å². The van der Waals surface area contributed by atoms with Crippen LogP contribution in [-0.4, -0.2) is 25.2 Å². The largest absolute Gasteiger partial charge is 0.348 e. The highest BCUT2D eigenvalue weighted by atomic mass is 32.2. The third-order valence-corrected chi connectivity index (χ3v) is 8.80. The number of rotatable bonds is 7. The Morgan fingerprint density at radius 2 is 1.60 bits per heavy atom. The molecule has 0 unspecified atom stereocenters. The van der Waals surface area contributed by atoms with Crippen LogP contribution in [0.15, 0.2) is 65.6 Å². The van der Waals surface area contributed by atoms with Crippen molar-refractivity contribution < 1.29 is 13.2 Å². The number of aryl methyl sites for hydroxylation is 5. The number of sulfonamides is 1. The summed E-state index contributed by atoms with van der Waals surface area (Å²) in [6, 6.07) is 19.6. The first kappa shape index (κ1) is 25.1. The van der Waals surface area contributed by atoms with Crippen LogP contribution in [0.3, 0.4) is 0 Å². The van der Waals surface area contributed by atoms with Crippen molar-refractivity contribution >= 4 is 15.9 Å². The number of hydrogen-bond acceptors (Lipinski definition) is 3. The van der Waals surface area contributed by atoms with E-state index in [1.165, 1.54) is 9.87 Å². The summed E-state index contributed by atoms with van der Waals surface area (Å²) in [7, 11) is -3.91. The molecule has 0 bridgehead atoms. The van der Waals surface area contributed by atoms with Crippen LogP contribution < -0.4 is 5.32 Å². The molecule has 0 heterocycles. The second kappa shape index (κ2) is 10.3. The Morgan fingerprint density at radius 1 is 0.943 bits per heavy atom. The lowest BCUT2D eigenvalue weighted by molar-refractivity contribution is -0.122. The number of hydrogen-bond donors (Lipinski definition) is 1. The second-order valence-electron chi connectivity index (χ2n) is 9.70. The molecule has 0 aromatic heterocycles. The fourth-order valence-electron chi connectivity index (χ4n) is 5.13. The van der Waals surface area contributed by atoms with E-state index in [1.807, 2.05) is 76.2 Å². The minimum absolute atomic E-state index is 0.0979. The Hall–Kier alpha value is -2.96. The molecule has 0 spiro atoms. The van der Waals surface area contributed by atoms with Gasteiger partial charge in [0.05, 0.1) is 17.5 Å². The van der Waals surface area contributed by atoms with Crippen LogP contribution in [-0.2, 0) is 27.8 Å². The van der Waals surface area contributed by atoms with Gasteiger partial charge < -0.3 is 5.32 Å². The van der Waals surface area contributed by atoms with Crippen molar-refractivity contribution in [2.24, 2.45) is 0 Å². The molecule has 1 amide bonds. The van der Waals surface area contributed by atoms with Gasteiger partial charge in [-0.3, -0.25) is 4.79 Å². The van der Waals surface area contributed by atoms with Crippen LogP contribution in [0.4, 0.5) is 0 Å². The van der Waals surface area contributed by atoms with Gasteiger partial charge >= 0.3 is 0 Å². The lowest BCUT2D eigenvalue weighted by Crippen LogP contribution is -2.42. The van der Waals surface area contributed by atoms with Crippen molar-refractivity contribution in [3.8, 4) is 0 Å². The van der Waals surface area contributed by atoms with Gasteiger partial charge in [0.25, 0.3) is 0 Å². The number of carbonyl (C=O) groups is 1. The number of fused-ring (bicyclic) bond motifs is 1. The molecule has 0 aliphatic heterocycles. The van der Waals surface area contributed by atoms with E-state index in [2.05, 4.69) is 17.4 Å². The highest BCUT2D eigenvalue weighted by Gasteiger charge is 2.31. The van der Waals surface area contributed by atoms with Gasteiger partial charge in [-0.05, 0) is 74.8 Å². The van der Waals surface area contributed by atoms with Crippen LogP contribution in [0, 0.1) is 27.7 Å². The van der Waals surface area contributed by atoms with Gasteiger partial charge in [0.15, 0.2) is 0 Å². The molecular formula is C29H34N2O3S. The van der Waals surface area contributed by atoms with Crippen LogP contribution >= 0.6 is 0 Å². The van der Waals surface area contributed by atoms with Gasteiger partial charge in [0, 0.05) is 6.54 Å². The summed E-state index contributed by atoms with van der Waals surface area (Å²) in [4.78, 5) is 13.5. The summed E-state index contributed by atoms with van der Waals surface area (Å²) in [5.41, 5.74) is 6.72. The van der Waals surface area contributed by atoms with E-state index < -0.39 is 10.0 Å². The molecule has 1 aliphatic carbocycles. The number of nitrogens with zero attached hydrogens (tertiary/aromatic N) is 1. The smallest absolute Gasteiger partial charge is 0.244 e. The molecule has 0 saturated heterocycles. The van der Waals surface area contributed by atoms with Gasteiger partial charge in [-0.2, -0.15) is 4.31 Å². The Balaban J connectivity index is 1.64. The third kappa shape index (κ3) is 5.65. The molecule has 1 atom stereocenters. The van der Waals surface area contributed by atoms with Gasteiger partial charge in [0.2, 0.25) is 15.9 Å². The fraction of sp³-hybridized carbons (Fsp3) is 0.345. The van der Waals surface area contributed by atoms with Gasteiger partial charge in [-0.1, -0.05) is 71.8 Å². The molecule has 1 aliphatic rings. The molecule has 0 radical (unpaired) electrons. The normalized spacial score (nSPS) is 15.6. The minimum atomic E-state index is -3.91. The second-order valence-corrected chi connectivity index (χ2v) is 11.6. The Kier molecular flexibility index (Phi) is 7.43. The highest BCUT2D eigenvalue weighted by molar-refractivity contribution is 7.89. The SMILES string of the molecule is Cc1ccc(CN(CC(=O)N[C@@H]2CCCc3ccccc32)S(=O)(=O)c2c(C)cc(C)cc2C)cc1. The first-order valence-corrected chi connectivity index (χ1v) is 13.6. The van der Waals surface area contributed by atoms with E-state index in [9.17, 15) is 13.2 Å². The molecule has 1 N–H and O–H groups in total. The van der Waals surface area contributed by atoms with E-state index in [1.54, 1.807) is 0 Å². The number of carbonyl (C=O) groups excluding carboxylic acids is 1. The third-order valence-electron chi connectivity index (χ3n) is 6.71. The van der Waals surface area contributed by atoms with E-state index in [0.717, 1.165) is 41.5 Å². The lowest BCUT2D eigenvalue weighted by Gasteiger charge is -2.28. The van der Waals surface area contributed by atoms with Crippen molar-refractivity contribution in [2.75, 3.05) is 6.54 Å². The summed E-state index contributed by atoms with van der Waals surface area (Å²) in [6.07, 6.45) is 2.85. The van der Waals surface area contributed by atoms with E-state index in [4.69, 9.17) is 0 Å². The van der Waals surface area contributed by atoms with E-state index in [-0.39, 0.29) is 29.9 Å². The summed E-state index contributed by atoms with van der Waals surface area (Å²) in [6.45, 7) is 7.47. The fourth-order valence-corrected chi connectivity index (χ4v) is 6.93. The summed E-state index contributed by atoms with van der Waals surface area (Å²) in [5, 5.41) is 3.12. The van der Waals surface area contributed by atoms with Gasteiger partial charge in [-0.25, -0.2) is 8.42 Å². The summed E-state index contributed by atoms with van der Waals surface area (Å²) >= 11 is 0. The zero-order valence-corrected chi connectivity index (χ0v) is 21.8. The topological polar surface area (TPSA) is 66.5 Å². The first-order valence-electron chi connectivity index (χ1n) is 12.2. The van der Waals surface area contributed by atoms with Crippen molar-refractivity contribution in [1.29, 1.82) is 0 Å². The zero-order chi connectivity index (χ0) is 25.2. The van der Waals surface area contributed by atoms with E-state index in [0.29, 0.717) is 11.1 Å².